The molecule has 4 N–H and O–H groups in total. The molecule has 0 bridgehead atoms. The van der Waals surface area contributed by atoms with Crippen LogP contribution in [0.2, 0.25) is 0 Å². The lowest BCUT2D eigenvalue weighted by Gasteiger charge is -2.08. The lowest BCUT2D eigenvalue weighted by molar-refractivity contribution is 0.627. The number of aromatic amines is 1. The van der Waals surface area contributed by atoms with Crippen molar-refractivity contribution in [3.05, 3.63) is 47.9 Å². The fourth-order valence-electron chi connectivity index (χ4n) is 3.09. The number of aryl methyl sites for hydroxylation is 1. The number of anilines is 2. The highest BCUT2D eigenvalue weighted by Gasteiger charge is 2.18. The summed E-state index contributed by atoms with van der Waals surface area (Å²) in [7, 11) is 0. The van der Waals surface area contributed by atoms with Crippen molar-refractivity contribution in [2.24, 2.45) is 0 Å². The van der Waals surface area contributed by atoms with E-state index in [9.17, 15) is 4.39 Å². The van der Waals surface area contributed by atoms with Gasteiger partial charge < -0.3 is 15.6 Å². The van der Waals surface area contributed by atoms with Gasteiger partial charge in [-0.05, 0) is 36.6 Å². The lowest BCUT2D eigenvalue weighted by atomic mass is 10.1. The zero-order valence-corrected chi connectivity index (χ0v) is 15.5. The molecule has 0 aliphatic rings. The Morgan fingerprint density at radius 2 is 1.96 bits per heavy atom. The predicted molar refractivity (Wildman–Crippen MR) is 106 cm³/mol. The smallest absolute Gasteiger partial charge is 0.226 e. The number of benzene rings is 1. The second kappa shape index (κ2) is 7.63. The number of halogens is 1. The Balaban J connectivity index is 1.61. The number of nitrogen functional groups attached to an aromatic ring is 1. The van der Waals surface area contributed by atoms with E-state index in [1.54, 1.807) is 18.3 Å². The first-order chi connectivity index (χ1) is 13.7. The molecule has 0 atom stereocenters. The molecule has 0 aliphatic carbocycles. The van der Waals surface area contributed by atoms with Gasteiger partial charge in [-0.2, -0.15) is 15.1 Å². The standard InChI is InChI=1S/C19H21FN8/c1-2-11-28-17(14-8-10-23-27-14)24-15-16(21)25-19(26-18(15)28)22-9-7-12-3-5-13(20)6-4-12/h3-6,8,10H,2,7,9,11H2,1H3,(H,23,27)(H3,21,22,25,26). The van der Waals surface area contributed by atoms with Crippen LogP contribution in [0.5, 0.6) is 0 Å². The normalized spacial score (nSPS) is 11.2. The van der Waals surface area contributed by atoms with Gasteiger partial charge in [0.25, 0.3) is 0 Å². The van der Waals surface area contributed by atoms with Crippen LogP contribution >= 0.6 is 0 Å². The number of hydrogen-bond donors (Lipinski definition) is 3. The van der Waals surface area contributed by atoms with Crippen molar-refractivity contribution in [1.82, 2.24) is 29.7 Å². The molecule has 8 nitrogen and oxygen atoms in total. The number of nitrogens with one attached hydrogen (secondary N) is 2. The summed E-state index contributed by atoms with van der Waals surface area (Å²) in [5.74, 6) is 1.23. The Kier molecular flexibility index (Phi) is 4.88. The van der Waals surface area contributed by atoms with Crippen LogP contribution in [-0.2, 0) is 13.0 Å². The number of hydrogen-bond acceptors (Lipinski definition) is 6. The van der Waals surface area contributed by atoms with E-state index in [2.05, 4.69) is 37.4 Å². The van der Waals surface area contributed by atoms with Crippen LogP contribution < -0.4 is 11.1 Å². The number of nitrogens with zero attached hydrogens (tertiary/aromatic N) is 5. The molecule has 9 heteroatoms. The van der Waals surface area contributed by atoms with Crippen LogP contribution in [0.4, 0.5) is 16.2 Å². The zero-order chi connectivity index (χ0) is 19.5. The molecule has 4 rings (SSSR count). The van der Waals surface area contributed by atoms with E-state index in [4.69, 9.17) is 5.73 Å². The van der Waals surface area contributed by atoms with Crippen molar-refractivity contribution in [1.29, 1.82) is 0 Å². The summed E-state index contributed by atoms with van der Waals surface area (Å²) in [5, 5.41) is 10.2. The quantitative estimate of drug-likeness (QED) is 0.455. The number of fused-ring (bicyclic) bond motifs is 1. The van der Waals surface area contributed by atoms with Crippen molar-refractivity contribution in [2.75, 3.05) is 17.6 Å². The van der Waals surface area contributed by atoms with Gasteiger partial charge in [-0.3, -0.25) is 5.10 Å². The first kappa shape index (κ1) is 17.9. The summed E-state index contributed by atoms with van der Waals surface area (Å²) >= 11 is 0. The number of imidazole rings is 1. The number of nitrogens with two attached hydrogens (primary N) is 1. The predicted octanol–water partition coefficient (Wildman–Crippen LogP) is 3.00. The third-order valence-corrected chi connectivity index (χ3v) is 4.41. The van der Waals surface area contributed by atoms with E-state index in [1.165, 1.54) is 12.1 Å². The maximum Gasteiger partial charge on any atom is 0.226 e. The average Bonchev–Trinajstić information content (AvgIpc) is 3.33. The summed E-state index contributed by atoms with van der Waals surface area (Å²) < 4.78 is 15.0. The highest BCUT2D eigenvalue weighted by atomic mass is 19.1. The molecule has 0 saturated carbocycles. The molecule has 0 aliphatic heterocycles. The number of H-pyrrole nitrogens is 1. The van der Waals surface area contributed by atoms with Crippen LogP contribution in [-0.4, -0.2) is 36.3 Å². The number of rotatable bonds is 7. The Labute approximate surface area is 161 Å². The molecule has 4 aromatic rings. The average molecular weight is 380 g/mol. The summed E-state index contributed by atoms with van der Waals surface area (Å²) in [5.41, 5.74) is 9.15. The first-order valence-electron chi connectivity index (χ1n) is 9.18. The Hall–Kier alpha value is -3.49. The van der Waals surface area contributed by atoms with Crippen LogP contribution in [0.15, 0.2) is 36.5 Å². The van der Waals surface area contributed by atoms with Gasteiger partial charge in [0.15, 0.2) is 22.8 Å². The van der Waals surface area contributed by atoms with E-state index in [1.807, 2.05) is 10.6 Å². The van der Waals surface area contributed by atoms with E-state index in [-0.39, 0.29) is 5.82 Å². The second-order valence-electron chi connectivity index (χ2n) is 6.45. The highest BCUT2D eigenvalue weighted by Crippen LogP contribution is 2.26. The fraction of sp³-hybridized carbons (Fsp3) is 0.263. The molecule has 3 heterocycles. The first-order valence-corrected chi connectivity index (χ1v) is 9.18. The van der Waals surface area contributed by atoms with Crippen LogP contribution in [0.1, 0.15) is 18.9 Å². The minimum atomic E-state index is -0.241. The summed E-state index contributed by atoms with van der Waals surface area (Å²) in [6, 6.07) is 8.30. The third-order valence-electron chi connectivity index (χ3n) is 4.41. The fourth-order valence-corrected chi connectivity index (χ4v) is 3.09. The van der Waals surface area contributed by atoms with Gasteiger partial charge in [0.2, 0.25) is 5.95 Å². The monoisotopic (exact) mass is 380 g/mol. The van der Waals surface area contributed by atoms with Gasteiger partial charge in [0.05, 0.1) is 0 Å². The molecule has 144 valence electrons. The molecular weight excluding hydrogens is 359 g/mol. The van der Waals surface area contributed by atoms with Crippen molar-refractivity contribution in [3.8, 4) is 11.5 Å². The summed E-state index contributed by atoms with van der Waals surface area (Å²) in [6.45, 7) is 3.43. The second-order valence-corrected chi connectivity index (χ2v) is 6.45. The van der Waals surface area contributed by atoms with E-state index in [0.717, 1.165) is 24.2 Å². The molecule has 0 saturated heterocycles. The molecule has 0 spiro atoms. The summed E-state index contributed by atoms with van der Waals surface area (Å²) in [6.07, 6.45) is 3.39. The van der Waals surface area contributed by atoms with Crippen molar-refractivity contribution in [2.45, 2.75) is 26.3 Å². The molecule has 0 amide bonds. The maximum absolute atomic E-state index is 13.0. The van der Waals surface area contributed by atoms with Crippen LogP contribution in [0.25, 0.3) is 22.7 Å². The maximum atomic E-state index is 13.0. The van der Waals surface area contributed by atoms with Crippen LogP contribution in [0.3, 0.4) is 0 Å². The van der Waals surface area contributed by atoms with Gasteiger partial charge in [0.1, 0.15) is 11.5 Å². The third kappa shape index (κ3) is 3.51. The lowest BCUT2D eigenvalue weighted by Crippen LogP contribution is -2.10. The molecule has 1 aromatic carbocycles. The van der Waals surface area contributed by atoms with Gasteiger partial charge in [0, 0.05) is 19.3 Å². The Morgan fingerprint density at radius 3 is 2.68 bits per heavy atom. The topological polar surface area (TPSA) is 110 Å². The van der Waals surface area contributed by atoms with E-state index >= 15 is 0 Å². The van der Waals surface area contributed by atoms with Gasteiger partial charge >= 0.3 is 0 Å². The Morgan fingerprint density at radius 1 is 1.14 bits per heavy atom. The summed E-state index contributed by atoms with van der Waals surface area (Å²) in [4.78, 5) is 13.6. The van der Waals surface area contributed by atoms with Gasteiger partial charge in [-0.15, -0.1) is 0 Å². The van der Waals surface area contributed by atoms with Crippen LogP contribution in [0, 0.1) is 5.82 Å². The van der Waals surface area contributed by atoms with Gasteiger partial charge in [-0.25, -0.2) is 9.37 Å². The molecule has 0 fully saturated rings. The molecule has 0 unspecified atom stereocenters. The van der Waals surface area contributed by atoms with Crippen molar-refractivity contribution >= 4 is 22.9 Å². The Bertz CT molecular complexity index is 1070. The van der Waals surface area contributed by atoms with E-state index < -0.39 is 0 Å². The molecule has 3 aromatic heterocycles. The minimum Gasteiger partial charge on any atom is -0.382 e. The van der Waals surface area contributed by atoms with E-state index in [0.29, 0.717) is 41.7 Å². The van der Waals surface area contributed by atoms with Crippen molar-refractivity contribution < 1.29 is 4.39 Å². The van der Waals surface area contributed by atoms with Gasteiger partial charge in [-0.1, -0.05) is 19.1 Å². The largest absolute Gasteiger partial charge is 0.382 e. The molecular formula is C19H21FN8. The number of aromatic nitrogens is 6. The minimum absolute atomic E-state index is 0.241. The zero-order valence-electron chi connectivity index (χ0n) is 15.5. The van der Waals surface area contributed by atoms with Crippen molar-refractivity contribution in [3.63, 3.8) is 0 Å². The molecule has 0 radical (unpaired) electrons. The molecule has 28 heavy (non-hydrogen) atoms. The highest BCUT2D eigenvalue weighted by molar-refractivity contribution is 5.86. The SMILES string of the molecule is CCCn1c(-c2cc[nH]n2)nc2c(N)nc(NCCc3ccc(F)cc3)nc21.